The van der Waals surface area contributed by atoms with Gasteiger partial charge >= 0.3 is 0 Å². The molecule has 3 nitrogen and oxygen atoms in total. The van der Waals surface area contributed by atoms with E-state index >= 15 is 0 Å². The SMILES string of the molecule is CCC=CCC(O)CC=C1C(=O)C=CC1CC=CCCCCO. The normalized spacial score (nSPS) is 21.3. The summed E-state index contributed by atoms with van der Waals surface area (Å²) in [5.41, 5.74) is 0.809. The fourth-order valence-corrected chi connectivity index (χ4v) is 2.56. The zero-order chi connectivity index (χ0) is 16.9. The van der Waals surface area contributed by atoms with E-state index in [1.165, 1.54) is 0 Å². The summed E-state index contributed by atoms with van der Waals surface area (Å²) in [5.74, 6) is 0.204. The maximum atomic E-state index is 11.9. The second kappa shape index (κ2) is 12.0. The van der Waals surface area contributed by atoms with Gasteiger partial charge in [0.05, 0.1) is 6.10 Å². The molecular weight excluding hydrogens is 288 g/mol. The minimum absolute atomic E-state index is 0.0694. The summed E-state index contributed by atoms with van der Waals surface area (Å²) in [6.45, 7) is 2.31. The lowest BCUT2D eigenvalue weighted by Crippen LogP contribution is -2.07. The van der Waals surface area contributed by atoms with E-state index in [-0.39, 0.29) is 18.3 Å². The average Bonchev–Trinajstić information content (AvgIpc) is 2.89. The van der Waals surface area contributed by atoms with Gasteiger partial charge in [-0.2, -0.15) is 0 Å². The summed E-state index contributed by atoms with van der Waals surface area (Å²) in [6.07, 6.45) is 19.1. The highest BCUT2D eigenvalue weighted by Crippen LogP contribution is 2.26. The van der Waals surface area contributed by atoms with E-state index in [0.29, 0.717) is 12.8 Å². The van der Waals surface area contributed by atoms with Gasteiger partial charge in [-0.3, -0.25) is 4.79 Å². The van der Waals surface area contributed by atoms with Gasteiger partial charge in [0.15, 0.2) is 5.78 Å². The molecule has 0 amide bonds. The first-order chi connectivity index (χ1) is 11.2. The third-order valence-electron chi connectivity index (χ3n) is 3.92. The number of unbranched alkanes of at least 4 members (excludes halogenated alkanes) is 2. The molecule has 2 atom stereocenters. The van der Waals surface area contributed by atoms with Gasteiger partial charge in [0.2, 0.25) is 0 Å². The molecular formula is C20H30O3. The maximum absolute atomic E-state index is 11.9. The molecule has 3 heteroatoms. The fraction of sp³-hybridized carbons (Fsp3) is 0.550. The van der Waals surface area contributed by atoms with Crippen molar-refractivity contribution in [2.24, 2.45) is 5.92 Å². The van der Waals surface area contributed by atoms with Crippen LogP contribution in [-0.4, -0.2) is 28.7 Å². The molecule has 0 spiro atoms. The van der Waals surface area contributed by atoms with E-state index in [1.807, 2.05) is 24.3 Å². The fourth-order valence-electron chi connectivity index (χ4n) is 2.56. The Bertz CT molecular complexity index is 458. The van der Waals surface area contributed by atoms with E-state index in [1.54, 1.807) is 6.08 Å². The van der Waals surface area contributed by atoms with Gasteiger partial charge in [0.1, 0.15) is 0 Å². The minimum atomic E-state index is -0.423. The molecule has 1 aliphatic rings. The second-order valence-corrected chi connectivity index (χ2v) is 5.92. The molecule has 0 saturated heterocycles. The van der Waals surface area contributed by atoms with Crippen LogP contribution in [-0.2, 0) is 4.79 Å². The summed E-state index contributed by atoms with van der Waals surface area (Å²) >= 11 is 0. The first-order valence-electron chi connectivity index (χ1n) is 8.70. The highest BCUT2D eigenvalue weighted by molar-refractivity contribution is 6.07. The van der Waals surface area contributed by atoms with Gasteiger partial charge < -0.3 is 10.2 Å². The second-order valence-electron chi connectivity index (χ2n) is 5.92. The Morgan fingerprint density at radius 2 is 2.00 bits per heavy atom. The van der Waals surface area contributed by atoms with Gasteiger partial charge in [-0.15, -0.1) is 0 Å². The van der Waals surface area contributed by atoms with E-state index < -0.39 is 6.10 Å². The van der Waals surface area contributed by atoms with Crippen LogP contribution in [0.3, 0.4) is 0 Å². The lowest BCUT2D eigenvalue weighted by molar-refractivity contribution is -0.111. The van der Waals surface area contributed by atoms with Crippen molar-refractivity contribution in [1.82, 2.24) is 0 Å². The van der Waals surface area contributed by atoms with Crippen molar-refractivity contribution in [3.05, 3.63) is 48.1 Å². The van der Waals surface area contributed by atoms with Crippen LogP contribution < -0.4 is 0 Å². The Kier molecular flexibility index (Phi) is 10.3. The molecule has 0 aliphatic heterocycles. The molecule has 0 aromatic rings. The van der Waals surface area contributed by atoms with Crippen LogP contribution in [0.2, 0.25) is 0 Å². The molecule has 1 aliphatic carbocycles. The Balaban J connectivity index is 2.43. The summed E-state index contributed by atoms with van der Waals surface area (Å²) in [4.78, 5) is 11.9. The smallest absolute Gasteiger partial charge is 0.181 e. The van der Waals surface area contributed by atoms with E-state index in [2.05, 4.69) is 19.1 Å². The van der Waals surface area contributed by atoms with Crippen LogP contribution >= 0.6 is 0 Å². The monoisotopic (exact) mass is 318 g/mol. The number of aliphatic hydroxyl groups excluding tert-OH is 2. The number of carbonyl (C=O) groups is 1. The summed E-state index contributed by atoms with van der Waals surface area (Å²) < 4.78 is 0. The van der Waals surface area contributed by atoms with Crippen LogP contribution in [0.4, 0.5) is 0 Å². The quantitative estimate of drug-likeness (QED) is 0.345. The van der Waals surface area contributed by atoms with Crippen molar-refractivity contribution in [2.75, 3.05) is 6.61 Å². The third-order valence-corrected chi connectivity index (χ3v) is 3.92. The summed E-state index contributed by atoms with van der Waals surface area (Å²) in [5, 5.41) is 18.7. The lowest BCUT2D eigenvalue weighted by Gasteiger charge is -2.10. The third kappa shape index (κ3) is 8.10. The van der Waals surface area contributed by atoms with Gasteiger partial charge in [0, 0.05) is 18.1 Å². The Labute approximate surface area is 140 Å². The average molecular weight is 318 g/mol. The summed E-state index contributed by atoms with van der Waals surface area (Å²) in [7, 11) is 0. The number of rotatable bonds is 11. The Hall–Kier alpha value is -1.45. The van der Waals surface area contributed by atoms with E-state index in [4.69, 9.17) is 5.11 Å². The first-order valence-corrected chi connectivity index (χ1v) is 8.70. The number of carbonyl (C=O) groups excluding carboxylic acids is 1. The van der Waals surface area contributed by atoms with E-state index in [9.17, 15) is 9.90 Å². The molecule has 128 valence electrons. The van der Waals surface area contributed by atoms with Gasteiger partial charge in [-0.05, 0) is 51.0 Å². The standard InChI is InChI=1S/C20H30O3/c1-2-3-7-11-18(22)13-14-19-17(12-15-20(19)23)10-8-5-4-6-9-16-21/h3,5,7-8,12,14-15,17-18,21-22H,2,4,6,9-11,13,16H2,1H3. The number of hydrogen-bond acceptors (Lipinski definition) is 3. The maximum Gasteiger partial charge on any atom is 0.181 e. The van der Waals surface area contributed by atoms with Gasteiger partial charge in [-0.1, -0.05) is 43.4 Å². The Morgan fingerprint density at radius 1 is 1.17 bits per heavy atom. The lowest BCUT2D eigenvalue weighted by atomic mass is 9.96. The number of ketones is 1. The van der Waals surface area contributed by atoms with Gasteiger partial charge in [-0.25, -0.2) is 0 Å². The Morgan fingerprint density at radius 3 is 2.74 bits per heavy atom. The zero-order valence-electron chi connectivity index (χ0n) is 14.2. The van der Waals surface area contributed by atoms with Crippen LogP contribution in [0.1, 0.15) is 51.9 Å². The van der Waals surface area contributed by atoms with E-state index in [0.717, 1.165) is 37.7 Å². The first kappa shape index (κ1) is 19.6. The number of aliphatic hydroxyl groups is 2. The molecule has 1 rings (SSSR count). The van der Waals surface area contributed by atoms with Crippen molar-refractivity contribution < 1.29 is 15.0 Å². The van der Waals surface area contributed by atoms with Crippen molar-refractivity contribution in [3.63, 3.8) is 0 Å². The molecule has 0 aromatic heterocycles. The zero-order valence-corrected chi connectivity index (χ0v) is 14.2. The molecule has 0 bridgehead atoms. The molecule has 2 unspecified atom stereocenters. The van der Waals surface area contributed by atoms with Crippen molar-refractivity contribution in [3.8, 4) is 0 Å². The van der Waals surface area contributed by atoms with Gasteiger partial charge in [0.25, 0.3) is 0 Å². The van der Waals surface area contributed by atoms with Crippen molar-refractivity contribution >= 4 is 5.78 Å². The van der Waals surface area contributed by atoms with Crippen LogP contribution in [0.5, 0.6) is 0 Å². The van der Waals surface area contributed by atoms with Crippen LogP contribution in [0, 0.1) is 5.92 Å². The minimum Gasteiger partial charge on any atom is -0.396 e. The highest BCUT2D eigenvalue weighted by Gasteiger charge is 2.21. The number of hydrogen-bond donors (Lipinski definition) is 2. The van der Waals surface area contributed by atoms with Crippen LogP contribution in [0.25, 0.3) is 0 Å². The molecule has 0 radical (unpaired) electrons. The topological polar surface area (TPSA) is 57.5 Å². The highest BCUT2D eigenvalue weighted by atomic mass is 16.3. The summed E-state index contributed by atoms with van der Waals surface area (Å²) in [6, 6.07) is 0. The predicted molar refractivity (Wildman–Crippen MR) is 95.1 cm³/mol. The molecule has 0 fully saturated rings. The predicted octanol–water partition coefficient (Wildman–Crippen LogP) is 3.88. The van der Waals surface area contributed by atoms with Crippen LogP contribution in [0.15, 0.2) is 48.1 Å². The van der Waals surface area contributed by atoms with Crippen molar-refractivity contribution in [1.29, 1.82) is 0 Å². The molecule has 0 saturated carbocycles. The van der Waals surface area contributed by atoms with Crippen molar-refractivity contribution in [2.45, 2.75) is 58.0 Å². The molecule has 2 N–H and O–H groups in total. The molecule has 23 heavy (non-hydrogen) atoms. The number of allylic oxidation sites excluding steroid dienone is 6. The molecule has 0 aromatic carbocycles. The largest absolute Gasteiger partial charge is 0.396 e. The molecule has 0 heterocycles.